The van der Waals surface area contributed by atoms with Crippen LogP contribution in [0.25, 0.3) is 41.9 Å². The minimum atomic E-state index is -4.29. The van der Waals surface area contributed by atoms with Crippen molar-refractivity contribution in [2.75, 3.05) is 0 Å². The monoisotopic (exact) mass is 998 g/mol. The summed E-state index contributed by atoms with van der Waals surface area (Å²) in [5.41, 5.74) is 1.75. The van der Waals surface area contributed by atoms with Crippen molar-refractivity contribution in [3.05, 3.63) is 82.8 Å². The largest absolute Gasteiger partial charge is 0.512 e. The van der Waals surface area contributed by atoms with E-state index in [-0.39, 0.29) is 60.2 Å². The molecule has 0 aliphatic heterocycles. The average Bonchev–Trinajstić information content (AvgIpc) is 3.77. The van der Waals surface area contributed by atoms with Gasteiger partial charge in [0.1, 0.15) is 5.76 Å². The van der Waals surface area contributed by atoms with E-state index < -0.39 is 11.6 Å². The molecule has 1 radical (unpaired) electrons. The van der Waals surface area contributed by atoms with Crippen molar-refractivity contribution in [1.29, 1.82) is 0 Å². The molecule has 3 heterocycles. The van der Waals surface area contributed by atoms with Gasteiger partial charge < -0.3 is 5.11 Å². The number of carbonyl (C=O) groups is 1. The fraction of sp³-hybridized carbons (Fsp3) is 0.511. The van der Waals surface area contributed by atoms with E-state index in [0.29, 0.717) is 5.01 Å². The molecular formula is C47H60F3IrN2O2S2-. The van der Waals surface area contributed by atoms with Crippen molar-refractivity contribution in [1.82, 2.24) is 9.97 Å². The molecule has 0 spiro atoms. The van der Waals surface area contributed by atoms with Crippen molar-refractivity contribution >= 4 is 49.3 Å². The molecule has 4 nitrogen and oxygen atoms in total. The molecule has 0 saturated carbocycles. The number of aromatic nitrogens is 2. The van der Waals surface area contributed by atoms with Gasteiger partial charge in [-0.25, -0.2) is 4.98 Å². The predicted octanol–water partition coefficient (Wildman–Crippen LogP) is 15.2. The van der Waals surface area contributed by atoms with Crippen LogP contribution in [0.5, 0.6) is 0 Å². The molecule has 5 rings (SSSR count). The molecule has 57 heavy (non-hydrogen) atoms. The summed E-state index contributed by atoms with van der Waals surface area (Å²) in [6, 6.07) is 16.2. The molecule has 0 aliphatic carbocycles. The van der Waals surface area contributed by atoms with E-state index in [1.54, 1.807) is 17.5 Å². The fourth-order valence-corrected chi connectivity index (χ4v) is 9.34. The first kappa shape index (κ1) is 48.5. The van der Waals surface area contributed by atoms with Crippen molar-refractivity contribution in [2.45, 2.75) is 140 Å². The van der Waals surface area contributed by atoms with Crippen LogP contribution in [-0.4, -0.2) is 27.0 Å². The normalized spacial score (nSPS) is 13.2. The van der Waals surface area contributed by atoms with E-state index in [2.05, 4.69) is 76.0 Å². The number of aliphatic hydroxyl groups is 1. The molecule has 0 bridgehead atoms. The van der Waals surface area contributed by atoms with Crippen molar-refractivity contribution < 1.29 is 43.2 Å². The Balaban J connectivity index is 0.000000411. The standard InChI is InChI=1S/C32H32F3N2S2.C15H28O2.Ir/c1-18(2)26-22-12-13-36-27(20-14-19-10-8-9-11-21(19)23(15-20)30(3,4)5)28(22)39-29(26)24-17-37-25(38-24)16-31(6,7)32(33,34)35;1-7-14(5,8-2)12(16)11-13(17)15(6,9-3)10-4;/h8-13,15,17-18H,16H2,1-7H3;11,16H,7-10H2,1-6H3;/q-1;;/b;12-11-;. The molecule has 0 unspecified atom stereocenters. The zero-order chi connectivity index (χ0) is 42.0. The molecule has 0 saturated heterocycles. The molecule has 1 N–H and O–H groups in total. The predicted molar refractivity (Wildman–Crippen MR) is 232 cm³/mol. The van der Waals surface area contributed by atoms with E-state index in [4.69, 9.17) is 4.98 Å². The maximum Gasteiger partial charge on any atom is 0.394 e. The number of hydrogen-bond acceptors (Lipinski definition) is 6. The number of carbonyl (C=O) groups excluding carboxylic acids is 1. The van der Waals surface area contributed by atoms with Crippen molar-refractivity contribution in [3.8, 4) is 21.0 Å². The van der Waals surface area contributed by atoms with Gasteiger partial charge >= 0.3 is 6.18 Å². The number of nitrogens with zero attached hydrogens (tertiary/aromatic N) is 2. The van der Waals surface area contributed by atoms with Gasteiger partial charge in [-0.1, -0.05) is 119 Å². The molecule has 0 fully saturated rings. The summed E-state index contributed by atoms with van der Waals surface area (Å²) in [6.07, 6.45) is 3.91. The molecule has 0 aliphatic rings. The SMILES string of the molecule is CC(C)c1c(-c2cnc(CC(C)(C)C(F)(F)F)s2)sc2c(-c3[c-]c4ccccc4c(C(C)(C)C)c3)nccc12.CCC(C)(CC)C(=O)/C=C(\O)C(C)(CC)CC.[Ir]. The Bertz CT molecular complexity index is 2180. The van der Waals surface area contributed by atoms with Crippen LogP contribution < -0.4 is 0 Å². The summed E-state index contributed by atoms with van der Waals surface area (Å²) in [7, 11) is 0. The van der Waals surface area contributed by atoms with E-state index >= 15 is 0 Å². The van der Waals surface area contributed by atoms with Gasteiger partial charge in [0.05, 0.1) is 15.3 Å². The quantitative estimate of drug-likeness (QED) is 0.0768. The van der Waals surface area contributed by atoms with Crippen LogP contribution in [-0.2, 0) is 36.7 Å². The third-order valence-corrected chi connectivity index (χ3v) is 14.2. The summed E-state index contributed by atoms with van der Waals surface area (Å²) >= 11 is 3.00. The molecule has 3 aromatic heterocycles. The Kier molecular flexibility index (Phi) is 15.8. The Morgan fingerprint density at radius 1 is 0.860 bits per heavy atom. The number of benzene rings is 2. The maximum absolute atomic E-state index is 13.5. The van der Waals surface area contributed by atoms with Gasteiger partial charge in [-0.3, -0.25) is 9.78 Å². The van der Waals surface area contributed by atoms with Crippen LogP contribution in [0, 0.1) is 22.3 Å². The number of hydrogen-bond donors (Lipinski definition) is 1. The Labute approximate surface area is 360 Å². The first-order valence-corrected chi connectivity index (χ1v) is 21.4. The topological polar surface area (TPSA) is 63.1 Å². The zero-order valence-corrected chi connectivity index (χ0v) is 39.9. The molecule has 0 atom stereocenters. The molecule has 10 heteroatoms. The number of ketones is 1. The molecule has 313 valence electrons. The minimum Gasteiger partial charge on any atom is -0.512 e. The number of allylic oxidation sites excluding steroid dienone is 2. The van der Waals surface area contributed by atoms with Gasteiger partial charge in [0.25, 0.3) is 0 Å². The second-order valence-corrected chi connectivity index (χ2v) is 19.7. The molecule has 5 aromatic rings. The van der Waals surface area contributed by atoms with E-state index in [0.717, 1.165) is 62.2 Å². The third-order valence-electron chi connectivity index (χ3n) is 11.8. The van der Waals surface area contributed by atoms with Crippen LogP contribution >= 0.6 is 22.7 Å². The van der Waals surface area contributed by atoms with Crippen molar-refractivity contribution in [2.24, 2.45) is 16.2 Å². The summed E-state index contributed by atoms with van der Waals surface area (Å²) < 4.78 is 41.7. The second-order valence-electron chi connectivity index (χ2n) is 17.5. The second kappa shape index (κ2) is 18.6. The van der Waals surface area contributed by atoms with Gasteiger partial charge in [-0.15, -0.1) is 51.8 Å². The summed E-state index contributed by atoms with van der Waals surface area (Å²) in [4.78, 5) is 23.4. The first-order chi connectivity index (χ1) is 26.0. The number of alkyl halides is 3. The van der Waals surface area contributed by atoms with Gasteiger partial charge in [-0.05, 0) is 54.0 Å². The summed E-state index contributed by atoms with van der Waals surface area (Å²) in [5.74, 6) is 0.501. The number of aliphatic hydroxyl groups excluding tert-OH is 1. The van der Waals surface area contributed by atoms with Gasteiger partial charge in [0.15, 0.2) is 5.78 Å². The number of thiophene rings is 1. The molecular weight excluding hydrogens is 938 g/mol. The van der Waals surface area contributed by atoms with Crippen LogP contribution in [0.4, 0.5) is 13.2 Å². The Morgan fingerprint density at radius 3 is 2.00 bits per heavy atom. The Morgan fingerprint density at radius 2 is 1.46 bits per heavy atom. The number of pyridine rings is 1. The van der Waals surface area contributed by atoms with Crippen LogP contribution in [0.1, 0.15) is 138 Å². The van der Waals surface area contributed by atoms with Crippen LogP contribution in [0.3, 0.4) is 0 Å². The number of rotatable bonds is 12. The molecule has 2 aromatic carbocycles. The fourth-order valence-electron chi connectivity index (χ4n) is 6.63. The van der Waals surface area contributed by atoms with Gasteiger partial charge in [0, 0.05) is 71.1 Å². The summed E-state index contributed by atoms with van der Waals surface area (Å²) in [5, 5.41) is 14.0. The van der Waals surface area contributed by atoms with Crippen molar-refractivity contribution in [3.63, 3.8) is 0 Å². The smallest absolute Gasteiger partial charge is 0.394 e. The van der Waals surface area contributed by atoms with E-state index in [9.17, 15) is 23.1 Å². The number of fused-ring (bicyclic) bond motifs is 2. The summed E-state index contributed by atoms with van der Waals surface area (Å²) in [6.45, 7) is 25.5. The third kappa shape index (κ3) is 10.5. The number of thiazole rings is 1. The minimum absolute atomic E-state index is 0. The van der Waals surface area contributed by atoms with Gasteiger partial charge in [-0.2, -0.15) is 13.2 Å². The first-order valence-electron chi connectivity index (χ1n) is 19.8. The van der Waals surface area contributed by atoms with Crippen LogP contribution in [0.2, 0.25) is 0 Å². The maximum atomic E-state index is 13.5. The van der Waals surface area contributed by atoms with Gasteiger partial charge in [0.2, 0.25) is 0 Å². The zero-order valence-electron chi connectivity index (χ0n) is 35.8. The Hall–Kier alpha value is -2.91. The van der Waals surface area contributed by atoms with Crippen LogP contribution in [0.15, 0.2) is 60.6 Å². The van der Waals surface area contributed by atoms with E-state index in [1.165, 1.54) is 47.8 Å². The van der Waals surface area contributed by atoms with E-state index in [1.807, 2.05) is 53.8 Å². The average molecular weight is 998 g/mol. The molecule has 0 amide bonds. The number of halogens is 3.